The van der Waals surface area contributed by atoms with E-state index in [0.717, 1.165) is 30.1 Å². The van der Waals surface area contributed by atoms with E-state index in [1.807, 2.05) is 0 Å². The number of H-pyrrole nitrogens is 1. The van der Waals surface area contributed by atoms with Crippen LogP contribution in [-0.4, -0.2) is 45.0 Å². The molecule has 1 fully saturated rings. The summed E-state index contributed by atoms with van der Waals surface area (Å²) in [5.74, 6) is 2.06. The molecule has 19 heavy (non-hydrogen) atoms. The number of nitrogens with two attached hydrogens (primary N) is 1. The van der Waals surface area contributed by atoms with Gasteiger partial charge in [-0.2, -0.15) is 0 Å². The smallest absolute Gasteiger partial charge is 0.183 e. The maximum Gasteiger partial charge on any atom is 0.183 e. The molecular formula is C13H20N6. The van der Waals surface area contributed by atoms with Crippen LogP contribution in [0.3, 0.4) is 0 Å². The lowest BCUT2D eigenvalue weighted by Crippen LogP contribution is -2.32. The normalized spacial score (nSPS) is 21.0. The Balaban J connectivity index is 1.67. The monoisotopic (exact) mass is 260 g/mol. The Kier molecular flexibility index (Phi) is 3.33. The largest absolute Gasteiger partial charge is 0.382 e. The van der Waals surface area contributed by atoms with Crippen LogP contribution >= 0.6 is 0 Å². The Hall–Kier alpha value is -1.69. The van der Waals surface area contributed by atoms with E-state index in [0.29, 0.717) is 11.5 Å². The third-order valence-electron chi connectivity index (χ3n) is 3.86. The number of fused-ring (bicyclic) bond motifs is 1. The quantitative estimate of drug-likeness (QED) is 0.866. The Morgan fingerprint density at radius 1 is 1.47 bits per heavy atom. The first-order chi connectivity index (χ1) is 9.22. The van der Waals surface area contributed by atoms with Gasteiger partial charge in [0.1, 0.15) is 11.3 Å². The van der Waals surface area contributed by atoms with Gasteiger partial charge in [0.15, 0.2) is 11.5 Å². The summed E-state index contributed by atoms with van der Waals surface area (Å²) in [7, 11) is 2.19. The lowest BCUT2D eigenvalue weighted by atomic mass is 9.93. The number of nitrogens with one attached hydrogen (secondary N) is 1. The van der Waals surface area contributed by atoms with Crippen molar-refractivity contribution in [3.63, 3.8) is 0 Å². The molecule has 1 aliphatic rings. The Morgan fingerprint density at radius 2 is 2.37 bits per heavy atom. The van der Waals surface area contributed by atoms with Gasteiger partial charge in [-0.15, -0.1) is 0 Å². The third kappa shape index (κ3) is 2.68. The number of hydrogen-bond acceptors (Lipinski definition) is 5. The highest BCUT2D eigenvalue weighted by Gasteiger charge is 2.17. The molecular weight excluding hydrogens is 240 g/mol. The molecule has 1 aliphatic heterocycles. The van der Waals surface area contributed by atoms with E-state index in [2.05, 4.69) is 31.9 Å². The van der Waals surface area contributed by atoms with Gasteiger partial charge in [0, 0.05) is 13.0 Å². The second-order valence-electron chi connectivity index (χ2n) is 5.44. The molecule has 0 radical (unpaired) electrons. The van der Waals surface area contributed by atoms with Crippen LogP contribution in [0.15, 0.2) is 6.33 Å². The second kappa shape index (κ2) is 5.13. The summed E-state index contributed by atoms with van der Waals surface area (Å²) in [6.45, 7) is 2.40. The molecule has 3 N–H and O–H groups in total. The summed E-state index contributed by atoms with van der Waals surface area (Å²) < 4.78 is 0. The zero-order valence-electron chi connectivity index (χ0n) is 11.3. The number of nitrogens with zero attached hydrogens (tertiary/aromatic N) is 4. The molecule has 0 bridgehead atoms. The van der Waals surface area contributed by atoms with Crippen LogP contribution in [0.4, 0.5) is 5.82 Å². The van der Waals surface area contributed by atoms with Gasteiger partial charge in [-0.25, -0.2) is 15.0 Å². The van der Waals surface area contributed by atoms with E-state index in [1.165, 1.54) is 25.9 Å². The SMILES string of the molecule is CN1CCCC(CCc2nc(N)c3[nH]cnc3n2)C1. The van der Waals surface area contributed by atoms with E-state index in [1.54, 1.807) is 6.33 Å². The van der Waals surface area contributed by atoms with Gasteiger partial charge in [-0.1, -0.05) is 0 Å². The first-order valence-electron chi connectivity index (χ1n) is 6.86. The van der Waals surface area contributed by atoms with Crippen LogP contribution in [0.2, 0.25) is 0 Å². The average molecular weight is 260 g/mol. The molecule has 1 unspecified atom stereocenters. The predicted molar refractivity (Wildman–Crippen MR) is 74.6 cm³/mol. The second-order valence-corrected chi connectivity index (χ2v) is 5.44. The number of aromatic amines is 1. The lowest BCUT2D eigenvalue weighted by Gasteiger charge is -2.29. The van der Waals surface area contributed by atoms with Crippen LogP contribution in [0.1, 0.15) is 25.1 Å². The fourth-order valence-corrected chi connectivity index (χ4v) is 2.86. The van der Waals surface area contributed by atoms with Gasteiger partial charge in [0.2, 0.25) is 0 Å². The molecule has 1 atom stereocenters. The molecule has 1 saturated heterocycles. The highest BCUT2D eigenvalue weighted by atomic mass is 15.1. The van der Waals surface area contributed by atoms with Gasteiger partial charge >= 0.3 is 0 Å². The summed E-state index contributed by atoms with van der Waals surface area (Å²) in [5, 5.41) is 0. The van der Waals surface area contributed by atoms with E-state index in [4.69, 9.17) is 5.73 Å². The van der Waals surface area contributed by atoms with Gasteiger partial charge < -0.3 is 15.6 Å². The highest BCUT2D eigenvalue weighted by molar-refractivity contribution is 5.80. The van der Waals surface area contributed by atoms with Crippen molar-refractivity contribution in [2.45, 2.75) is 25.7 Å². The van der Waals surface area contributed by atoms with E-state index >= 15 is 0 Å². The predicted octanol–water partition coefficient (Wildman–Crippen LogP) is 1.21. The van der Waals surface area contributed by atoms with Crippen molar-refractivity contribution < 1.29 is 0 Å². The van der Waals surface area contributed by atoms with Crippen molar-refractivity contribution in [1.29, 1.82) is 0 Å². The minimum Gasteiger partial charge on any atom is -0.382 e. The number of anilines is 1. The summed E-state index contributed by atoms with van der Waals surface area (Å²) in [6, 6.07) is 0. The van der Waals surface area contributed by atoms with Crippen molar-refractivity contribution in [3.8, 4) is 0 Å². The summed E-state index contributed by atoms with van der Waals surface area (Å²) in [4.78, 5) is 18.3. The molecule has 102 valence electrons. The molecule has 3 rings (SSSR count). The van der Waals surface area contributed by atoms with Crippen molar-refractivity contribution >= 4 is 17.0 Å². The molecule has 6 nitrogen and oxygen atoms in total. The molecule has 0 aromatic carbocycles. The molecule has 6 heteroatoms. The number of likely N-dealkylation sites (tertiary alicyclic amines) is 1. The zero-order valence-corrected chi connectivity index (χ0v) is 11.3. The minimum atomic E-state index is 0.498. The molecule has 0 saturated carbocycles. The summed E-state index contributed by atoms with van der Waals surface area (Å²) in [6.07, 6.45) is 6.22. The number of aromatic nitrogens is 4. The average Bonchev–Trinajstić information content (AvgIpc) is 2.85. The first kappa shape index (κ1) is 12.3. The number of aryl methyl sites for hydroxylation is 1. The van der Waals surface area contributed by atoms with E-state index in [-0.39, 0.29) is 0 Å². The Labute approximate surface area is 112 Å². The van der Waals surface area contributed by atoms with Crippen LogP contribution in [0.25, 0.3) is 11.2 Å². The molecule has 0 spiro atoms. The van der Waals surface area contributed by atoms with Crippen molar-refractivity contribution in [2.75, 3.05) is 25.9 Å². The maximum atomic E-state index is 5.90. The molecule has 2 aromatic heterocycles. The molecule has 2 aromatic rings. The van der Waals surface area contributed by atoms with Crippen LogP contribution in [0, 0.1) is 5.92 Å². The zero-order chi connectivity index (χ0) is 13.2. The van der Waals surface area contributed by atoms with Crippen molar-refractivity contribution in [2.24, 2.45) is 5.92 Å². The Morgan fingerprint density at radius 3 is 3.21 bits per heavy atom. The van der Waals surface area contributed by atoms with Crippen LogP contribution in [0.5, 0.6) is 0 Å². The number of rotatable bonds is 3. The van der Waals surface area contributed by atoms with Gasteiger partial charge in [0.25, 0.3) is 0 Å². The molecule has 0 amide bonds. The number of nitrogen functional groups attached to an aromatic ring is 1. The maximum absolute atomic E-state index is 5.90. The van der Waals surface area contributed by atoms with Gasteiger partial charge in [-0.05, 0) is 38.8 Å². The van der Waals surface area contributed by atoms with Gasteiger partial charge in [-0.3, -0.25) is 0 Å². The van der Waals surface area contributed by atoms with E-state index < -0.39 is 0 Å². The van der Waals surface area contributed by atoms with Crippen molar-refractivity contribution in [1.82, 2.24) is 24.8 Å². The molecule has 0 aliphatic carbocycles. The number of hydrogen-bond donors (Lipinski definition) is 2. The topological polar surface area (TPSA) is 83.7 Å². The summed E-state index contributed by atoms with van der Waals surface area (Å²) >= 11 is 0. The van der Waals surface area contributed by atoms with Crippen LogP contribution in [-0.2, 0) is 6.42 Å². The lowest BCUT2D eigenvalue weighted by molar-refractivity contribution is 0.202. The standard InChI is InChI=1S/C13H20N6/c1-19-6-2-3-9(7-19)4-5-10-17-12(14)11-13(18-10)16-8-15-11/h8-9H,2-7H2,1H3,(H3,14,15,16,17,18). The van der Waals surface area contributed by atoms with Crippen molar-refractivity contribution in [3.05, 3.63) is 12.2 Å². The first-order valence-corrected chi connectivity index (χ1v) is 6.86. The number of piperidine rings is 1. The number of imidazole rings is 1. The van der Waals surface area contributed by atoms with Crippen LogP contribution < -0.4 is 5.73 Å². The minimum absolute atomic E-state index is 0.498. The highest BCUT2D eigenvalue weighted by Crippen LogP contribution is 2.21. The fraction of sp³-hybridized carbons (Fsp3) is 0.615. The third-order valence-corrected chi connectivity index (χ3v) is 3.86. The summed E-state index contributed by atoms with van der Waals surface area (Å²) in [5.41, 5.74) is 7.31. The fourth-order valence-electron chi connectivity index (χ4n) is 2.86. The molecule has 3 heterocycles. The Bertz CT molecular complexity index is 563. The van der Waals surface area contributed by atoms with E-state index in [9.17, 15) is 0 Å². The van der Waals surface area contributed by atoms with Gasteiger partial charge in [0.05, 0.1) is 6.33 Å².